The van der Waals surface area contributed by atoms with E-state index in [1.807, 2.05) is 43.3 Å². The van der Waals surface area contributed by atoms with Crippen LogP contribution in [0.5, 0.6) is 0 Å². The summed E-state index contributed by atoms with van der Waals surface area (Å²) in [6.45, 7) is 11.9. The van der Waals surface area contributed by atoms with Crippen LogP contribution in [0.1, 0.15) is 47.4 Å². The molecule has 2 atom stereocenters. The predicted molar refractivity (Wildman–Crippen MR) is 174 cm³/mol. The summed E-state index contributed by atoms with van der Waals surface area (Å²) < 4.78 is 6.24. The molecule has 4 aromatic carbocycles. The summed E-state index contributed by atoms with van der Waals surface area (Å²) in [5.74, 6) is 0.826. The van der Waals surface area contributed by atoms with Gasteiger partial charge in [-0.1, -0.05) is 147 Å². The van der Waals surface area contributed by atoms with Crippen LogP contribution in [0.25, 0.3) is 11.1 Å². The predicted octanol–water partition coefficient (Wildman–Crippen LogP) is 9.67. The van der Waals surface area contributed by atoms with Crippen molar-refractivity contribution in [1.29, 1.82) is 0 Å². The highest BCUT2D eigenvalue weighted by atomic mass is 16.5. The van der Waals surface area contributed by atoms with Crippen LogP contribution in [0.2, 0.25) is 0 Å². The topological polar surface area (TPSA) is 21.6 Å². The summed E-state index contributed by atoms with van der Waals surface area (Å²) in [4.78, 5) is 4.88. The van der Waals surface area contributed by atoms with Crippen LogP contribution in [0.15, 0.2) is 163 Å². The first-order valence-corrected chi connectivity index (χ1v) is 14.2. The minimum Gasteiger partial charge on any atom is -0.492 e. The van der Waals surface area contributed by atoms with Crippen LogP contribution in [0.4, 0.5) is 0 Å². The van der Waals surface area contributed by atoms with E-state index in [4.69, 9.17) is 9.73 Å². The second-order valence-electron chi connectivity index (χ2n) is 10.4. The van der Waals surface area contributed by atoms with Crippen LogP contribution >= 0.6 is 0 Å². The Morgan fingerprint density at radius 3 is 2.00 bits per heavy atom. The molecule has 41 heavy (non-hydrogen) atoms. The number of benzene rings is 4. The Morgan fingerprint density at radius 2 is 1.34 bits per heavy atom. The van der Waals surface area contributed by atoms with Gasteiger partial charge in [-0.15, -0.1) is 0 Å². The van der Waals surface area contributed by atoms with E-state index in [1.54, 1.807) is 0 Å². The normalized spacial score (nSPS) is 15.5. The van der Waals surface area contributed by atoms with Crippen LogP contribution in [0, 0.1) is 0 Å². The lowest BCUT2D eigenvalue weighted by Gasteiger charge is -2.23. The van der Waals surface area contributed by atoms with Crippen molar-refractivity contribution in [2.24, 2.45) is 4.99 Å². The van der Waals surface area contributed by atoms with E-state index in [0.29, 0.717) is 18.9 Å². The fraction of sp³-hybridized carbons (Fsp3) is 0.154. The fourth-order valence-corrected chi connectivity index (χ4v) is 5.37. The molecule has 0 N–H and O–H groups in total. The Labute approximate surface area is 244 Å². The third-order valence-electron chi connectivity index (χ3n) is 7.52. The maximum atomic E-state index is 6.24. The molecule has 4 aromatic rings. The van der Waals surface area contributed by atoms with Crippen LogP contribution in [-0.2, 0) is 4.74 Å². The maximum Gasteiger partial charge on any atom is 0.125 e. The Kier molecular flexibility index (Phi) is 9.23. The summed E-state index contributed by atoms with van der Waals surface area (Å²) in [7, 11) is 0. The molecule has 0 radical (unpaired) electrons. The Morgan fingerprint density at radius 1 is 0.756 bits per heavy atom. The lowest BCUT2D eigenvalue weighted by molar-refractivity contribution is 0.247. The summed E-state index contributed by atoms with van der Waals surface area (Å²) in [6.07, 6.45) is 5.65. The second-order valence-corrected chi connectivity index (χ2v) is 10.4. The third-order valence-corrected chi connectivity index (χ3v) is 7.52. The van der Waals surface area contributed by atoms with Gasteiger partial charge in [0.15, 0.2) is 0 Å². The van der Waals surface area contributed by atoms with E-state index in [2.05, 4.69) is 110 Å². The zero-order valence-corrected chi connectivity index (χ0v) is 23.7. The highest BCUT2D eigenvalue weighted by Gasteiger charge is 2.22. The summed E-state index contributed by atoms with van der Waals surface area (Å²) in [5.41, 5.74) is 9.33. The molecule has 1 aliphatic carbocycles. The Bertz CT molecular complexity index is 1550. The highest BCUT2D eigenvalue weighted by Crippen LogP contribution is 2.39. The lowest BCUT2D eigenvalue weighted by Crippen LogP contribution is -2.12. The number of ether oxygens (including phenoxy) is 1. The molecule has 5 rings (SSSR count). The molecule has 2 nitrogen and oxygen atoms in total. The van der Waals surface area contributed by atoms with Gasteiger partial charge in [0, 0.05) is 18.2 Å². The van der Waals surface area contributed by atoms with Crippen LogP contribution < -0.4 is 0 Å². The van der Waals surface area contributed by atoms with Crippen molar-refractivity contribution in [3.63, 3.8) is 0 Å². The highest BCUT2D eigenvalue weighted by molar-refractivity contribution is 5.84. The van der Waals surface area contributed by atoms with Gasteiger partial charge < -0.3 is 4.74 Å². The quantitative estimate of drug-likeness (QED) is 0.131. The minimum absolute atomic E-state index is 0.136. The molecule has 204 valence electrons. The van der Waals surface area contributed by atoms with E-state index in [9.17, 15) is 0 Å². The molecular formula is C39H37NO. The molecule has 0 bridgehead atoms. The first kappa shape index (κ1) is 27.9. The smallest absolute Gasteiger partial charge is 0.125 e. The van der Waals surface area contributed by atoms with Crippen LogP contribution in [-0.4, -0.2) is 18.9 Å². The molecule has 0 saturated heterocycles. The first-order chi connectivity index (χ1) is 20.1. The van der Waals surface area contributed by atoms with E-state index < -0.39 is 0 Å². The maximum absolute atomic E-state index is 6.24. The SMILES string of the molecule is C=C(OCC(C)=NCCC1=CC(c2ccccc2)C=C1c1ccccc1)C(C(=C)c1ccccc1)c1ccccc1. The van der Waals surface area contributed by atoms with Gasteiger partial charge in [-0.05, 0) is 52.3 Å². The van der Waals surface area contributed by atoms with Crippen molar-refractivity contribution < 1.29 is 4.74 Å². The molecular weight excluding hydrogens is 498 g/mol. The largest absolute Gasteiger partial charge is 0.492 e. The van der Waals surface area contributed by atoms with Crippen molar-refractivity contribution >= 4 is 16.9 Å². The molecule has 0 aliphatic heterocycles. The number of aliphatic imine (C=N–C) groups is 1. The van der Waals surface area contributed by atoms with Crippen molar-refractivity contribution in [2.75, 3.05) is 13.2 Å². The van der Waals surface area contributed by atoms with Crippen molar-refractivity contribution in [1.82, 2.24) is 0 Å². The monoisotopic (exact) mass is 535 g/mol. The molecule has 0 amide bonds. The van der Waals surface area contributed by atoms with Crippen LogP contribution in [0.3, 0.4) is 0 Å². The number of hydrogen-bond acceptors (Lipinski definition) is 2. The summed E-state index contributed by atoms with van der Waals surface area (Å²) in [5, 5.41) is 0. The van der Waals surface area contributed by atoms with Crippen molar-refractivity contribution in [3.8, 4) is 0 Å². The zero-order chi connectivity index (χ0) is 28.4. The van der Waals surface area contributed by atoms with E-state index >= 15 is 0 Å². The minimum atomic E-state index is -0.136. The number of rotatable bonds is 12. The van der Waals surface area contributed by atoms with Gasteiger partial charge in [0.25, 0.3) is 0 Å². The van der Waals surface area contributed by atoms with Gasteiger partial charge >= 0.3 is 0 Å². The Hall–Kier alpha value is -4.69. The lowest BCUT2D eigenvalue weighted by atomic mass is 9.86. The molecule has 1 aliphatic rings. The molecule has 0 spiro atoms. The average molecular weight is 536 g/mol. The molecule has 0 heterocycles. The van der Waals surface area contributed by atoms with Crippen molar-refractivity contribution in [2.45, 2.75) is 25.2 Å². The molecule has 0 saturated carbocycles. The van der Waals surface area contributed by atoms with E-state index in [1.165, 1.54) is 22.3 Å². The van der Waals surface area contributed by atoms with Gasteiger partial charge in [0.1, 0.15) is 12.4 Å². The number of nitrogens with zero attached hydrogens (tertiary/aromatic N) is 1. The molecule has 2 heteroatoms. The first-order valence-electron chi connectivity index (χ1n) is 14.2. The molecule has 0 aromatic heterocycles. The van der Waals surface area contributed by atoms with Gasteiger partial charge in [0.2, 0.25) is 0 Å². The van der Waals surface area contributed by atoms with Gasteiger partial charge in [-0.2, -0.15) is 0 Å². The summed E-state index contributed by atoms with van der Waals surface area (Å²) >= 11 is 0. The van der Waals surface area contributed by atoms with E-state index in [-0.39, 0.29) is 11.8 Å². The number of hydrogen-bond donors (Lipinski definition) is 0. The molecule has 0 fully saturated rings. The van der Waals surface area contributed by atoms with Gasteiger partial charge in [-0.3, -0.25) is 4.99 Å². The fourth-order valence-electron chi connectivity index (χ4n) is 5.37. The van der Waals surface area contributed by atoms with E-state index in [0.717, 1.165) is 28.8 Å². The number of allylic oxidation sites excluding steroid dienone is 4. The Balaban J connectivity index is 1.24. The average Bonchev–Trinajstić information content (AvgIpc) is 3.46. The summed E-state index contributed by atoms with van der Waals surface area (Å²) in [6, 6.07) is 41.9. The zero-order valence-electron chi connectivity index (χ0n) is 23.7. The van der Waals surface area contributed by atoms with Gasteiger partial charge in [0.05, 0.1) is 5.92 Å². The second kappa shape index (κ2) is 13.6. The third kappa shape index (κ3) is 7.10. The standard InChI is InChI=1S/C39H37NO/c1-29(28-41-31(3)39(35-22-14-7-15-23-35)30(2)32-16-8-4-9-17-32)40-25-24-36-26-37(33-18-10-5-11-19-33)27-38(36)34-20-12-6-13-21-34/h4-23,26-27,37,39H,2-3,24-25,28H2,1H3. The van der Waals surface area contributed by atoms with Gasteiger partial charge in [-0.25, -0.2) is 0 Å². The van der Waals surface area contributed by atoms with Crippen molar-refractivity contribution in [3.05, 3.63) is 180 Å². The molecule has 2 unspecified atom stereocenters.